The average molecular weight is 385 g/mol. The Morgan fingerprint density at radius 3 is 2.39 bits per heavy atom. The van der Waals surface area contributed by atoms with Gasteiger partial charge in [0.2, 0.25) is 5.88 Å². The Labute approximate surface area is 167 Å². The summed E-state index contributed by atoms with van der Waals surface area (Å²) in [6, 6.07) is 2.09. The Bertz CT molecular complexity index is 801. The van der Waals surface area contributed by atoms with Crippen molar-refractivity contribution in [1.29, 1.82) is 0 Å². The Balaban J connectivity index is 1.46. The molecule has 0 bridgehead atoms. The SMILES string of the molecule is CN1CCC(Oc2cc(N3CCCC3)n3nc(C4CCCCC4)nc3n2)CC1. The number of anilines is 1. The highest BCUT2D eigenvalue weighted by molar-refractivity contribution is 5.50. The van der Waals surface area contributed by atoms with E-state index in [1.165, 1.54) is 44.9 Å². The molecule has 0 unspecified atom stereocenters. The van der Waals surface area contributed by atoms with Crippen molar-refractivity contribution in [2.45, 2.75) is 69.8 Å². The molecule has 3 fully saturated rings. The molecule has 0 atom stereocenters. The molecular weight excluding hydrogens is 352 g/mol. The molecule has 7 nitrogen and oxygen atoms in total. The quantitative estimate of drug-likeness (QED) is 0.807. The molecule has 1 aliphatic carbocycles. The average Bonchev–Trinajstić information content (AvgIpc) is 3.40. The minimum Gasteiger partial charge on any atom is -0.474 e. The number of likely N-dealkylation sites (tertiary alicyclic amines) is 1. The number of fused-ring (bicyclic) bond motifs is 1. The first kappa shape index (κ1) is 18.2. The van der Waals surface area contributed by atoms with Crippen LogP contribution in [-0.2, 0) is 0 Å². The number of hydrogen-bond donors (Lipinski definition) is 0. The lowest BCUT2D eigenvalue weighted by atomic mass is 9.89. The summed E-state index contributed by atoms with van der Waals surface area (Å²) in [5.74, 6) is 3.98. The highest BCUT2D eigenvalue weighted by Crippen LogP contribution is 2.32. The number of hydrogen-bond acceptors (Lipinski definition) is 6. The smallest absolute Gasteiger partial charge is 0.257 e. The van der Waals surface area contributed by atoms with Crippen LogP contribution in [0.2, 0.25) is 0 Å². The van der Waals surface area contributed by atoms with E-state index >= 15 is 0 Å². The third-order valence-electron chi connectivity index (χ3n) is 6.64. The number of nitrogens with zero attached hydrogens (tertiary/aromatic N) is 6. The summed E-state index contributed by atoms with van der Waals surface area (Å²) in [6.45, 7) is 4.32. The van der Waals surface area contributed by atoms with Crippen LogP contribution in [0.1, 0.15) is 69.5 Å². The topological polar surface area (TPSA) is 58.8 Å². The van der Waals surface area contributed by atoms with Crippen LogP contribution in [0.25, 0.3) is 5.78 Å². The molecule has 5 rings (SSSR count). The van der Waals surface area contributed by atoms with Gasteiger partial charge in [-0.1, -0.05) is 19.3 Å². The summed E-state index contributed by atoms with van der Waals surface area (Å²) in [5, 5.41) is 4.92. The van der Waals surface area contributed by atoms with E-state index in [1.807, 2.05) is 4.52 Å². The van der Waals surface area contributed by atoms with Crippen LogP contribution in [-0.4, -0.2) is 63.8 Å². The van der Waals surface area contributed by atoms with E-state index in [0.717, 1.165) is 50.7 Å². The van der Waals surface area contributed by atoms with Gasteiger partial charge >= 0.3 is 0 Å². The third-order valence-corrected chi connectivity index (χ3v) is 6.64. The maximum absolute atomic E-state index is 6.32. The summed E-state index contributed by atoms with van der Waals surface area (Å²) in [7, 11) is 2.18. The van der Waals surface area contributed by atoms with Gasteiger partial charge in [0.1, 0.15) is 11.9 Å². The summed E-state index contributed by atoms with van der Waals surface area (Å²) >= 11 is 0. The minimum absolute atomic E-state index is 0.248. The van der Waals surface area contributed by atoms with Crippen LogP contribution < -0.4 is 9.64 Å². The maximum Gasteiger partial charge on any atom is 0.257 e. The van der Waals surface area contributed by atoms with Crippen LogP contribution in [0.4, 0.5) is 5.82 Å². The van der Waals surface area contributed by atoms with Crippen molar-refractivity contribution < 1.29 is 4.74 Å². The van der Waals surface area contributed by atoms with E-state index in [4.69, 9.17) is 19.8 Å². The van der Waals surface area contributed by atoms with Gasteiger partial charge in [0.25, 0.3) is 5.78 Å². The second-order valence-corrected chi connectivity index (χ2v) is 8.78. The molecule has 3 aliphatic rings. The summed E-state index contributed by atoms with van der Waals surface area (Å²) in [4.78, 5) is 14.4. The van der Waals surface area contributed by atoms with Gasteiger partial charge in [-0.2, -0.15) is 14.5 Å². The highest BCUT2D eigenvalue weighted by atomic mass is 16.5. The minimum atomic E-state index is 0.248. The molecule has 0 radical (unpaired) electrons. The van der Waals surface area contributed by atoms with E-state index < -0.39 is 0 Å². The van der Waals surface area contributed by atoms with Crippen LogP contribution in [0.3, 0.4) is 0 Å². The highest BCUT2D eigenvalue weighted by Gasteiger charge is 2.25. The molecule has 2 aromatic heterocycles. The molecule has 2 saturated heterocycles. The fourth-order valence-electron chi connectivity index (χ4n) is 4.89. The first-order valence-corrected chi connectivity index (χ1v) is 11.1. The lowest BCUT2D eigenvalue weighted by Gasteiger charge is -2.29. The van der Waals surface area contributed by atoms with Gasteiger partial charge in [-0.25, -0.2) is 0 Å². The zero-order valence-electron chi connectivity index (χ0n) is 17.0. The van der Waals surface area contributed by atoms with Crippen molar-refractivity contribution in [2.75, 3.05) is 38.1 Å². The fraction of sp³-hybridized carbons (Fsp3) is 0.762. The fourth-order valence-corrected chi connectivity index (χ4v) is 4.89. The molecule has 1 saturated carbocycles. The van der Waals surface area contributed by atoms with Gasteiger partial charge < -0.3 is 14.5 Å². The van der Waals surface area contributed by atoms with E-state index in [-0.39, 0.29) is 6.10 Å². The molecule has 0 aromatic carbocycles. The van der Waals surface area contributed by atoms with Crippen molar-refractivity contribution in [3.05, 3.63) is 11.9 Å². The largest absolute Gasteiger partial charge is 0.474 e. The maximum atomic E-state index is 6.32. The van der Waals surface area contributed by atoms with Gasteiger partial charge in [-0.3, -0.25) is 0 Å². The lowest BCUT2D eigenvalue weighted by Crippen LogP contribution is -2.35. The molecule has 0 N–H and O–H groups in total. The number of rotatable bonds is 4. The Hall–Kier alpha value is -1.89. The predicted molar refractivity (Wildman–Crippen MR) is 109 cm³/mol. The van der Waals surface area contributed by atoms with Crippen molar-refractivity contribution in [3.63, 3.8) is 0 Å². The van der Waals surface area contributed by atoms with E-state index in [9.17, 15) is 0 Å². The van der Waals surface area contributed by atoms with Crippen LogP contribution in [0.5, 0.6) is 5.88 Å². The zero-order valence-corrected chi connectivity index (χ0v) is 17.0. The van der Waals surface area contributed by atoms with Crippen molar-refractivity contribution in [1.82, 2.24) is 24.5 Å². The monoisotopic (exact) mass is 384 g/mol. The molecule has 152 valence electrons. The molecule has 28 heavy (non-hydrogen) atoms. The van der Waals surface area contributed by atoms with E-state index in [0.29, 0.717) is 17.6 Å². The Kier molecular flexibility index (Phi) is 5.09. The molecule has 2 aliphatic heterocycles. The van der Waals surface area contributed by atoms with Crippen LogP contribution >= 0.6 is 0 Å². The summed E-state index contributed by atoms with van der Waals surface area (Å²) in [5.41, 5.74) is 0. The van der Waals surface area contributed by atoms with Crippen molar-refractivity contribution in [2.24, 2.45) is 0 Å². The summed E-state index contributed by atoms with van der Waals surface area (Å²) < 4.78 is 8.29. The number of aromatic nitrogens is 4. The molecule has 0 amide bonds. The van der Waals surface area contributed by atoms with E-state index in [2.05, 4.69) is 22.9 Å². The summed E-state index contributed by atoms with van der Waals surface area (Å²) in [6.07, 6.45) is 11.2. The zero-order chi connectivity index (χ0) is 18.9. The standard InChI is InChI=1S/C21H32N6O/c1-25-13-9-17(10-14-25)28-18-15-19(26-11-5-6-12-26)27-21(22-18)23-20(24-27)16-7-3-2-4-8-16/h15-17H,2-14H2,1H3. The van der Waals surface area contributed by atoms with Crippen molar-refractivity contribution in [3.8, 4) is 5.88 Å². The van der Waals surface area contributed by atoms with Gasteiger partial charge in [0.05, 0.1) is 0 Å². The van der Waals surface area contributed by atoms with E-state index in [1.54, 1.807) is 0 Å². The Morgan fingerprint density at radius 1 is 0.893 bits per heavy atom. The third kappa shape index (κ3) is 3.69. The van der Waals surface area contributed by atoms with Crippen LogP contribution in [0.15, 0.2) is 6.07 Å². The molecule has 7 heteroatoms. The van der Waals surface area contributed by atoms with Crippen molar-refractivity contribution >= 4 is 11.6 Å². The van der Waals surface area contributed by atoms with Gasteiger partial charge in [-0.05, 0) is 45.6 Å². The van der Waals surface area contributed by atoms with Gasteiger partial charge in [-0.15, -0.1) is 5.10 Å². The molecule has 0 spiro atoms. The number of ether oxygens (including phenoxy) is 1. The molecule has 4 heterocycles. The van der Waals surface area contributed by atoms with Gasteiger partial charge in [0, 0.05) is 38.2 Å². The first-order chi connectivity index (χ1) is 13.8. The predicted octanol–water partition coefficient (Wildman–Crippen LogP) is 3.25. The number of piperidine rings is 1. The molecular formula is C21H32N6O. The first-order valence-electron chi connectivity index (χ1n) is 11.1. The lowest BCUT2D eigenvalue weighted by molar-refractivity contribution is 0.110. The Morgan fingerprint density at radius 2 is 1.64 bits per heavy atom. The normalized spacial score (nSPS) is 23.0. The second-order valence-electron chi connectivity index (χ2n) is 8.78. The van der Waals surface area contributed by atoms with Gasteiger partial charge in [0.15, 0.2) is 5.82 Å². The molecule has 2 aromatic rings. The van der Waals surface area contributed by atoms with Crippen LogP contribution in [0, 0.1) is 0 Å². The second kappa shape index (κ2) is 7.85.